The number of aryl methyl sites for hydroxylation is 3. The monoisotopic (exact) mass is 297 g/mol. The van der Waals surface area contributed by atoms with Crippen LogP contribution in [0.15, 0.2) is 36.4 Å². The Morgan fingerprint density at radius 2 is 1.75 bits per heavy atom. The molecule has 0 spiro atoms. The van der Waals surface area contributed by atoms with Gasteiger partial charge in [-0.3, -0.25) is 4.79 Å². The van der Waals surface area contributed by atoms with Gasteiger partial charge in [-0.2, -0.15) is 0 Å². The van der Waals surface area contributed by atoms with Crippen LogP contribution in [0.4, 0.5) is 0 Å². The maximum Gasteiger partial charge on any atom is 1.00 e. The van der Waals surface area contributed by atoms with Gasteiger partial charge in [-0.05, 0) is 51.8 Å². The topological polar surface area (TPSA) is 17.1 Å². The molecule has 0 aromatic heterocycles. The molecule has 0 radical (unpaired) electrons. The molecule has 20 heavy (non-hydrogen) atoms. The van der Waals surface area contributed by atoms with Gasteiger partial charge in [0.1, 0.15) is 0 Å². The van der Waals surface area contributed by atoms with E-state index in [2.05, 4.69) is 18.2 Å². The molecule has 0 N–H and O–H groups in total. The molecule has 98 valence electrons. The van der Waals surface area contributed by atoms with Crippen LogP contribution in [0.5, 0.6) is 0 Å². The minimum Gasteiger partial charge on any atom is -0.289 e. The van der Waals surface area contributed by atoms with E-state index in [1.54, 1.807) is 6.07 Å². The zero-order chi connectivity index (χ0) is 14.0. The molecule has 0 aliphatic carbocycles. The predicted molar refractivity (Wildman–Crippen MR) is 84.4 cm³/mol. The first-order chi connectivity index (χ1) is 8.99. The van der Waals surface area contributed by atoms with Gasteiger partial charge in [0.2, 0.25) is 0 Å². The minimum atomic E-state index is 0. The molecule has 0 saturated carbocycles. The molecule has 0 aliphatic rings. The van der Waals surface area contributed by atoms with Crippen molar-refractivity contribution in [1.82, 2.24) is 0 Å². The minimum absolute atomic E-state index is 0. The zero-order valence-electron chi connectivity index (χ0n) is 12.3. The van der Waals surface area contributed by atoms with Crippen LogP contribution in [0.3, 0.4) is 0 Å². The van der Waals surface area contributed by atoms with Gasteiger partial charge in [0.25, 0.3) is 0 Å². The number of benzene rings is 2. The van der Waals surface area contributed by atoms with Crippen molar-refractivity contribution in [3.05, 3.63) is 63.7 Å². The quantitative estimate of drug-likeness (QED) is 0.618. The van der Waals surface area contributed by atoms with Crippen LogP contribution in [0.1, 0.15) is 27.0 Å². The molecule has 2 aromatic carbocycles. The van der Waals surface area contributed by atoms with Crippen LogP contribution in [0.25, 0.3) is 0 Å². The van der Waals surface area contributed by atoms with Gasteiger partial charge in [0.15, 0.2) is 5.52 Å². The van der Waals surface area contributed by atoms with Crippen molar-refractivity contribution >= 4 is 31.0 Å². The average molecular weight is 298 g/mol. The molecular formula is C16H16ClLiOP+. The van der Waals surface area contributed by atoms with Crippen molar-refractivity contribution in [2.24, 2.45) is 0 Å². The Labute approximate surface area is 139 Å². The number of hydrogen-bond acceptors (Lipinski definition) is 1. The van der Waals surface area contributed by atoms with Crippen LogP contribution in [0, 0.1) is 20.8 Å². The first kappa shape index (κ1) is 17.5. The number of hydrogen-bond donors (Lipinski definition) is 0. The third kappa shape index (κ3) is 3.97. The van der Waals surface area contributed by atoms with Crippen molar-refractivity contribution in [1.29, 1.82) is 0 Å². The smallest absolute Gasteiger partial charge is 0.289 e. The van der Waals surface area contributed by atoms with E-state index in [0.717, 1.165) is 16.4 Å². The first-order valence-electron chi connectivity index (χ1n) is 6.13. The van der Waals surface area contributed by atoms with E-state index in [-0.39, 0.29) is 33.0 Å². The summed E-state index contributed by atoms with van der Waals surface area (Å²) in [7, 11) is 0.120. The molecular weight excluding hydrogens is 282 g/mol. The largest absolute Gasteiger partial charge is 1.00 e. The maximum absolute atomic E-state index is 12.4. The molecule has 0 aliphatic heterocycles. The normalized spacial score (nSPS) is 10.6. The van der Waals surface area contributed by atoms with E-state index < -0.39 is 0 Å². The van der Waals surface area contributed by atoms with Crippen molar-refractivity contribution in [3.8, 4) is 0 Å². The standard InChI is InChI=1S/C16H16ClOP.Li/c1-10-7-8-11(2)14(9-10)19-16(18)15-12(3)5-4-6-13(15)17;/h4-9,19H,1-3H3;/q;+1. The molecule has 1 unspecified atom stereocenters. The average Bonchev–Trinajstić information content (AvgIpc) is 2.33. The Kier molecular flexibility index (Phi) is 6.50. The van der Waals surface area contributed by atoms with Gasteiger partial charge in [0, 0.05) is 5.56 Å². The van der Waals surface area contributed by atoms with Crippen molar-refractivity contribution in [2.75, 3.05) is 0 Å². The van der Waals surface area contributed by atoms with Crippen LogP contribution < -0.4 is 24.2 Å². The Balaban J connectivity index is 0.00000200. The summed E-state index contributed by atoms with van der Waals surface area (Å²) in [4.78, 5) is 12.4. The van der Waals surface area contributed by atoms with E-state index in [1.807, 2.05) is 32.9 Å². The fraction of sp³-hybridized carbons (Fsp3) is 0.188. The molecule has 2 rings (SSSR count). The summed E-state index contributed by atoms with van der Waals surface area (Å²) >= 11 is 6.15. The molecule has 0 bridgehead atoms. The summed E-state index contributed by atoms with van der Waals surface area (Å²) in [6.07, 6.45) is 0. The number of halogens is 1. The second-order valence-electron chi connectivity index (χ2n) is 4.70. The molecule has 1 nitrogen and oxygen atoms in total. The van der Waals surface area contributed by atoms with Crippen LogP contribution >= 0.6 is 20.2 Å². The molecule has 0 saturated heterocycles. The molecule has 0 heterocycles. The van der Waals surface area contributed by atoms with Crippen molar-refractivity contribution in [2.45, 2.75) is 20.8 Å². The summed E-state index contributed by atoms with van der Waals surface area (Å²) in [5, 5.41) is 1.65. The Morgan fingerprint density at radius 3 is 2.40 bits per heavy atom. The molecule has 0 fully saturated rings. The maximum atomic E-state index is 12.4. The summed E-state index contributed by atoms with van der Waals surface area (Å²) in [6.45, 7) is 6.00. The fourth-order valence-electron chi connectivity index (χ4n) is 1.97. The number of rotatable bonds is 3. The van der Waals surface area contributed by atoms with Crippen LogP contribution in [-0.4, -0.2) is 5.52 Å². The SMILES string of the molecule is Cc1ccc(C)c(PC(=O)c2c(C)cccc2Cl)c1.[Li+]. The van der Waals surface area contributed by atoms with Gasteiger partial charge in [0.05, 0.1) is 5.02 Å². The molecule has 1 atom stereocenters. The summed E-state index contributed by atoms with van der Waals surface area (Å²) < 4.78 is 0. The Hall–Kier alpha value is -0.573. The van der Waals surface area contributed by atoms with Crippen LogP contribution in [-0.2, 0) is 0 Å². The molecule has 4 heteroatoms. The van der Waals surface area contributed by atoms with Crippen molar-refractivity contribution in [3.63, 3.8) is 0 Å². The van der Waals surface area contributed by atoms with Gasteiger partial charge >= 0.3 is 18.9 Å². The molecule has 2 aromatic rings. The van der Waals surface area contributed by atoms with Crippen molar-refractivity contribution < 1.29 is 23.7 Å². The zero-order valence-corrected chi connectivity index (χ0v) is 14.0. The van der Waals surface area contributed by atoms with E-state index >= 15 is 0 Å². The fourth-order valence-corrected chi connectivity index (χ4v) is 3.64. The summed E-state index contributed by atoms with van der Waals surface area (Å²) in [5.74, 6) is 0. The first-order valence-corrected chi connectivity index (χ1v) is 7.50. The van der Waals surface area contributed by atoms with E-state index in [4.69, 9.17) is 11.6 Å². The molecule has 0 amide bonds. The Morgan fingerprint density at radius 1 is 1.05 bits per heavy atom. The summed E-state index contributed by atoms with van der Waals surface area (Å²) in [6, 6.07) is 11.8. The van der Waals surface area contributed by atoms with E-state index in [0.29, 0.717) is 10.6 Å². The predicted octanol–water partition coefficient (Wildman–Crippen LogP) is 1.41. The van der Waals surface area contributed by atoms with E-state index in [1.165, 1.54) is 5.56 Å². The number of carbonyl (C=O) groups is 1. The third-order valence-electron chi connectivity index (χ3n) is 3.09. The third-order valence-corrected chi connectivity index (χ3v) is 4.69. The second kappa shape index (κ2) is 7.44. The Bertz CT molecular complexity index is 620. The van der Waals surface area contributed by atoms with Gasteiger partial charge in [-0.25, -0.2) is 0 Å². The van der Waals surface area contributed by atoms with Gasteiger partial charge < -0.3 is 0 Å². The number of carbonyl (C=O) groups excluding carboxylic acids is 1. The van der Waals surface area contributed by atoms with Gasteiger partial charge in [-0.15, -0.1) is 0 Å². The van der Waals surface area contributed by atoms with Gasteiger partial charge in [-0.1, -0.05) is 47.5 Å². The second-order valence-corrected chi connectivity index (χ2v) is 6.35. The summed E-state index contributed by atoms with van der Waals surface area (Å²) in [5.41, 5.74) is 4.04. The van der Waals surface area contributed by atoms with E-state index in [9.17, 15) is 4.79 Å². The van der Waals surface area contributed by atoms with Crippen LogP contribution in [0.2, 0.25) is 5.02 Å².